The van der Waals surface area contributed by atoms with Crippen molar-refractivity contribution in [2.45, 2.75) is 57.0 Å². The number of amides is 1. The quantitative estimate of drug-likeness (QED) is 0.815. The average Bonchev–Trinajstić information content (AvgIpc) is 3.02. The molecule has 3 saturated heterocycles. The number of likely N-dealkylation sites (tertiary alicyclic amines) is 2. The maximum absolute atomic E-state index is 12.6. The van der Waals surface area contributed by atoms with Crippen molar-refractivity contribution < 1.29 is 4.79 Å². The highest BCUT2D eigenvalue weighted by atomic mass is 16.2. The maximum Gasteiger partial charge on any atom is 0.239 e. The summed E-state index contributed by atoms with van der Waals surface area (Å²) in [6.45, 7) is 5.45. The van der Waals surface area contributed by atoms with E-state index in [1.54, 1.807) is 0 Å². The number of nitrogens with zero attached hydrogens (tertiary/aromatic N) is 2. The molecule has 0 aromatic carbocycles. The third-order valence-corrected chi connectivity index (χ3v) is 4.97. The Bertz CT molecular complexity index is 309. The number of nitrogens with one attached hydrogen (secondary N) is 1. The molecule has 4 nitrogen and oxygen atoms in total. The molecule has 1 unspecified atom stereocenters. The van der Waals surface area contributed by atoms with Crippen LogP contribution in [0.4, 0.5) is 0 Å². The third-order valence-electron chi connectivity index (χ3n) is 4.97. The minimum atomic E-state index is 0.103. The van der Waals surface area contributed by atoms with Gasteiger partial charge in [0, 0.05) is 19.1 Å². The molecule has 3 aliphatic heterocycles. The SMILES string of the molecule is O=C([C@@H]1CCCCN1)N1CCCC(N2CCCC2)C1. The Labute approximate surface area is 116 Å². The molecule has 0 aromatic rings. The van der Waals surface area contributed by atoms with Crippen molar-refractivity contribution in [3.8, 4) is 0 Å². The van der Waals surface area contributed by atoms with Gasteiger partial charge in [-0.25, -0.2) is 0 Å². The van der Waals surface area contributed by atoms with Crippen molar-refractivity contribution in [3.63, 3.8) is 0 Å². The molecule has 19 heavy (non-hydrogen) atoms. The molecule has 0 bridgehead atoms. The highest BCUT2D eigenvalue weighted by Crippen LogP contribution is 2.21. The van der Waals surface area contributed by atoms with Crippen LogP contribution in [0.15, 0.2) is 0 Å². The van der Waals surface area contributed by atoms with Gasteiger partial charge in [0.15, 0.2) is 0 Å². The third kappa shape index (κ3) is 3.11. The first kappa shape index (κ1) is 13.4. The molecule has 3 heterocycles. The van der Waals surface area contributed by atoms with Gasteiger partial charge in [-0.05, 0) is 58.2 Å². The first-order valence-corrected chi connectivity index (χ1v) is 8.11. The van der Waals surface area contributed by atoms with E-state index in [1.165, 1.54) is 51.6 Å². The van der Waals surface area contributed by atoms with Crippen LogP contribution in [0, 0.1) is 0 Å². The fourth-order valence-electron chi connectivity index (χ4n) is 3.84. The monoisotopic (exact) mass is 265 g/mol. The van der Waals surface area contributed by atoms with Crippen LogP contribution in [0.2, 0.25) is 0 Å². The molecule has 108 valence electrons. The van der Waals surface area contributed by atoms with Gasteiger partial charge in [-0.3, -0.25) is 9.69 Å². The van der Waals surface area contributed by atoms with E-state index in [-0.39, 0.29) is 6.04 Å². The van der Waals surface area contributed by atoms with Gasteiger partial charge in [0.1, 0.15) is 0 Å². The van der Waals surface area contributed by atoms with Crippen LogP contribution in [0.5, 0.6) is 0 Å². The van der Waals surface area contributed by atoms with Gasteiger partial charge in [0.05, 0.1) is 6.04 Å². The molecule has 4 heteroatoms. The summed E-state index contributed by atoms with van der Waals surface area (Å²) < 4.78 is 0. The first-order valence-electron chi connectivity index (χ1n) is 8.11. The van der Waals surface area contributed by atoms with Gasteiger partial charge < -0.3 is 10.2 Å². The Morgan fingerprint density at radius 2 is 1.79 bits per heavy atom. The van der Waals surface area contributed by atoms with E-state index >= 15 is 0 Å². The predicted molar refractivity (Wildman–Crippen MR) is 76.1 cm³/mol. The van der Waals surface area contributed by atoms with Gasteiger partial charge in [0.25, 0.3) is 0 Å². The zero-order valence-electron chi connectivity index (χ0n) is 11.9. The number of carbonyl (C=O) groups is 1. The second-order valence-electron chi connectivity index (χ2n) is 6.33. The molecule has 0 saturated carbocycles. The summed E-state index contributed by atoms with van der Waals surface area (Å²) in [6.07, 6.45) is 8.60. The molecule has 0 aromatic heterocycles. The first-order chi connectivity index (χ1) is 9.34. The fraction of sp³-hybridized carbons (Fsp3) is 0.933. The lowest BCUT2D eigenvalue weighted by Crippen LogP contribution is -2.54. The standard InChI is InChI=1S/C15H27N3O/c19-15(14-7-1-2-8-16-14)18-11-5-6-13(12-18)17-9-3-4-10-17/h13-14,16H,1-12H2/t13?,14-/m0/s1. The van der Waals surface area contributed by atoms with Crippen LogP contribution in [-0.2, 0) is 4.79 Å². The Balaban J connectivity index is 1.56. The molecular formula is C15H27N3O. The topological polar surface area (TPSA) is 35.6 Å². The van der Waals surface area contributed by atoms with Crippen molar-refractivity contribution in [2.24, 2.45) is 0 Å². The molecule has 0 radical (unpaired) electrons. The van der Waals surface area contributed by atoms with Crippen molar-refractivity contribution in [1.82, 2.24) is 15.1 Å². The van der Waals surface area contributed by atoms with Gasteiger partial charge >= 0.3 is 0 Å². The van der Waals surface area contributed by atoms with Crippen molar-refractivity contribution in [2.75, 3.05) is 32.7 Å². The molecule has 3 aliphatic rings. The Hall–Kier alpha value is -0.610. The lowest BCUT2D eigenvalue weighted by molar-refractivity contribution is -0.136. The van der Waals surface area contributed by atoms with Gasteiger partial charge in [-0.1, -0.05) is 6.42 Å². The normalized spacial score (nSPS) is 33.6. The minimum Gasteiger partial charge on any atom is -0.340 e. The average molecular weight is 265 g/mol. The highest BCUT2D eigenvalue weighted by molar-refractivity contribution is 5.82. The fourth-order valence-corrected chi connectivity index (χ4v) is 3.84. The van der Waals surface area contributed by atoms with Crippen molar-refractivity contribution >= 4 is 5.91 Å². The largest absolute Gasteiger partial charge is 0.340 e. The summed E-state index contributed by atoms with van der Waals surface area (Å²) >= 11 is 0. The Morgan fingerprint density at radius 1 is 0.947 bits per heavy atom. The number of hydrogen-bond donors (Lipinski definition) is 1. The van der Waals surface area contributed by atoms with E-state index in [1.807, 2.05) is 0 Å². The van der Waals surface area contributed by atoms with Crippen molar-refractivity contribution in [1.29, 1.82) is 0 Å². The van der Waals surface area contributed by atoms with E-state index in [4.69, 9.17) is 0 Å². The summed E-state index contributed by atoms with van der Waals surface area (Å²) in [4.78, 5) is 17.3. The zero-order valence-corrected chi connectivity index (χ0v) is 11.9. The van der Waals surface area contributed by atoms with Crippen LogP contribution in [0.25, 0.3) is 0 Å². The van der Waals surface area contributed by atoms with Crippen LogP contribution in [0.1, 0.15) is 44.9 Å². The van der Waals surface area contributed by atoms with Crippen LogP contribution in [-0.4, -0.2) is 60.5 Å². The second-order valence-corrected chi connectivity index (χ2v) is 6.33. The molecule has 1 amide bonds. The number of carbonyl (C=O) groups excluding carboxylic acids is 1. The molecule has 3 fully saturated rings. The predicted octanol–water partition coefficient (Wildman–Crippen LogP) is 1.22. The van der Waals surface area contributed by atoms with Crippen LogP contribution >= 0.6 is 0 Å². The molecule has 0 spiro atoms. The van der Waals surface area contributed by atoms with E-state index in [9.17, 15) is 4.79 Å². The molecule has 0 aliphatic carbocycles. The molecule has 3 rings (SSSR count). The second kappa shape index (κ2) is 6.23. The zero-order chi connectivity index (χ0) is 13.1. The molecule has 2 atom stereocenters. The molecular weight excluding hydrogens is 238 g/mol. The summed E-state index contributed by atoms with van der Waals surface area (Å²) in [6, 6.07) is 0.731. The minimum absolute atomic E-state index is 0.103. The lowest BCUT2D eigenvalue weighted by Gasteiger charge is -2.39. The van der Waals surface area contributed by atoms with Gasteiger partial charge in [0.2, 0.25) is 5.91 Å². The number of rotatable bonds is 2. The maximum atomic E-state index is 12.6. The van der Waals surface area contributed by atoms with Crippen LogP contribution < -0.4 is 5.32 Å². The van der Waals surface area contributed by atoms with E-state index in [0.717, 1.165) is 26.1 Å². The summed E-state index contributed by atoms with van der Waals surface area (Å²) in [5, 5.41) is 3.40. The number of piperidine rings is 2. The summed E-state index contributed by atoms with van der Waals surface area (Å²) in [7, 11) is 0. The Kier molecular flexibility index (Phi) is 4.38. The van der Waals surface area contributed by atoms with E-state index in [2.05, 4.69) is 15.1 Å². The highest BCUT2D eigenvalue weighted by Gasteiger charge is 2.32. The smallest absolute Gasteiger partial charge is 0.239 e. The molecule has 1 N–H and O–H groups in total. The summed E-state index contributed by atoms with van der Waals surface area (Å²) in [5.41, 5.74) is 0. The van der Waals surface area contributed by atoms with Crippen molar-refractivity contribution in [3.05, 3.63) is 0 Å². The lowest BCUT2D eigenvalue weighted by atomic mass is 10.00. The number of hydrogen-bond acceptors (Lipinski definition) is 3. The van der Waals surface area contributed by atoms with E-state index < -0.39 is 0 Å². The summed E-state index contributed by atoms with van der Waals surface area (Å²) in [5.74, 6) is 0.364. The van der Waals surface area contributed by atoms with Gasteiger partial charge in [-0.2, -0.15) is 0 Å². The van der Waals surface area contributed by atoms with E-state index in [0.29, 0.717) is 11.9 Å². The van der Waals surface area contributed by atoms with Gasteiger partial charge in [-0.15, -0.1) is 0 Å². The van der Waals surface area contributed by atoms with Crippen LogP contribution in [0.3, 0.4) is 0 Å². The Morgan fingerprint density at radius 3 is 2.53 bits per heavy atom.